The van der Waals surface area contributed by atoms with Crippen molar-refractivity contribution in [3.63, 3.8) is 0 Å². The molecule has 0 spiro atoms. The fraction of sp³-hybridized carbons (Fsp3) is 0.467. The van der Waals surface area contributed by atoms with Gasteiger partial charge in [0.15, 0.2) is 0 Å². The van der Waals surface area contributed by atoms with E-state index in [0.29, 0.717) is 31.3 Å². The fourth-order valence-corrected chi connectivity index (χ4v) is 1.55. The number of methoxy groups -OCH3 is 1. The Bertz CT molecular complexity index is 487. The van der Waals surface area contributed by atoms with E-state index >= 15 is 0 Å². The molecular weight excluding hydrogens is 288 g/mol. The minimum absolute atomic E-state index is 0.281. The molecule has 0 aromatic heterocycles. The van der Waals surface area contributed by atoms with Crippen molar-refractivity contribution in [1.29, 1.82) is 0 Å². The van der Waals surface area contributed by atoms with Gasteiger partial charge in [0, 0.05) is 7.11 Å². The van der Waals surface area contributed by atoms with Gasteiger partial charge in [0.1, 0.15) is 25.0 Å². The number of hydrogen-bond acceptors (Lipinski definition) is 6. The number of rotatable bonds is 10. The van der Waals surface area contributed by atoms with Crippen molar-refractivity contribution in [1.82, 2.24) is 0 Å². The molecule has 3 N–H and O–H groups in total. The third-order valence-electron chi connectivity index (χ3n) is 2.74. The van der Waals surface area contributed by atoms with E-state index in [-0.39, 0.29) is 6.42 Å². The highest BCUT2D eigenvalue weighted by molar-refractivity contribution is 5.82. The van der Waals surface area contributed by atoms with Crippen LogP contribution in [0.25, 0.3) is 0 Å². The Labute approximate surface area is 129 Å². The van der Waals surface area contributed by atoms with E-state index in [0.717, 1.165) is 5.56 Å². The van der Waals surface area contributed by atoms with Gasteiger partial charge in [-0.25, -0.2) is 0 Å². The number of oxime groups is 1. The zero-order valence-corrected chi connectivity index (χ0v) is 12.8. The molecule has 0 aliphatic rings. The summed E-state index contributed by atoms with van der Waals surface area (Å²) in [6.45, 7) is 2.98. The minimum atomic E-state index is -1.01. The quantitative estimate of drug-likeness (QED) is 0.380. The van der Waals surface area contributed by atoms with Gasteiger partial charge in [0.05, 0.1) is 12.3 Å². The van der Waals surface area contributed by atoms with Crippen LogP contribution in [0.3, 0.4) is 0 Å². The largest absolute Gasteiger partial charge is 0.488 e. The normalized spacial score (nSPS) is 12.8. The molecule has 1 rings (SSSR count). The lowest BCUT2D eigenvalue weighted by molar-refractivity contribution is -0.138. The molecule has 0 amide bonds. The Hall–Kier alpha value is -2.12. The lowest BCUT2D eigenvalue weighted by atomic mass is 10.1. The molecule has 0 aliphatic heterocycles. The van der Waals surface area contributed by atoms with Gasteiger partial charge in [-0.2, -0.15) is 0 Å². The second-order valence-corrected chi connectivity index (χ2v) is 4.73. The van der Waals surface area contributed by atoms with E-state index in [1.54, 1.807) is 38.3 Å². The number of ether oxygens (including phenoxy) is 2. The van der Waals surface area contributed by atoms with Crippen LogP contribution in [0.2, 0.25) is 0 Å². The van der Waals surface area contributed by atoms with Crippen LogP contribution in [0.4, 0.5) is 0 Å². The second-order valence-electron chi connectivity index (χ2n) is 4.73. The zero-order valence-electron chi connectivity index (χ0n) is 12.8. The highest BCUT2D eigenvalue weighted by atomic mass is 16.6. The summed E-state index contributed by atoms with van der Waals surface area (Å²) in [5.41, 5.74) is 7.03. The molecule has 7 heteroatoms. The average molecular weight is 310 g/mol. The summed E-state index contributed by atoms with van der Waals surface area (Å²) < 4.78 is 10.4. The molecule has 0 saturated carbocycles. The van der Waals surface area contributed by atoms with Crippen molar-refractivity contribution in [3.8, 4) is 5.75 Å². The molecule has 0 aliphatic carbocycles. The monoisotopic (exact) mass is 310 g/mol. The molecule has 0 fully saturated rings. The van der Waals surface area contributed by atoms with Crippen molar-refractivity contribution >= 4 is 11.7 Å². The molecule has 7 nitrogen and oxygen atoms in total. The van der Waals surface area contributed by atoms with Crippen LogP contribution in [0.15, 0.2) is 29.4 Å². The first-order valence-corrected chi connectivity index (χ1v) is 6.87. The lowest BCUT2D eigenvalue weighted by Gasteiger charge is -2.09. The number of benzene rings is 1. The van der Waals surface area contributed by atoms with Crippen molar-refractivity contribution in [3.05, 3.63) is 29.8 Å². The number of hydrogen-bond donors (Lipinski definition) is 2. The molecule has 1 unspecified atom stereocenters. The number of nitrogens with zero attached hydrogens (tertiary/aromatic N) is 1. The molecular formula is C15H22N2O5. The number of carbonyl (C=O) groups is 1. The van der Waals surface area contributed by atoms with Gasteiger partial charge in [0.25, 0.3) is 0 Å². The van der Waals surface area contributed by atoms with Gasteiger partial charge in [0.2, 0.25) is 0 Å². The van der Waals surface area contributed by atoms with Crippen molar-refractivity contribution in [2.24, 2.45) is 10.9 Å². The molecule has 0 radical (unpaired) electrons. The molecule has 0 bridgehead atoms. The topological polar surface area (TPSA) is 103 Å². The molecule has 22 heavy (non-hydrogen) atoms. The first-order valence-electron chi connectivity index (χ1n) is 6.87. The Kier molecular flexibility index (Phi) is 7.95. The summed E-state index contributed by atoms with van der Waals surface area (Å²) in [5.74, 6) is -0.347. The standard InChI is InChI=1S/C15H22N2O5/c1-11(17-22-8-7-20-2)10-21-13-5-3-12(4-6-13)9-14(16)15(18)19/h3-6,14H,7-10,16H2,1-2H3,(H,18,19). The van der Waals surface area contributed by atoms with Crippen LogP contribution in [0.1, 0.15) is 12.5 Å². The summed E-state index contributed by atoms with van der Waals surface area (Å²) in [5, 5.41) is 12.6. The summed E-state index contributed by atoms with van der Waals surface area (Å²) in [6, 6.07) is 6.22. The fourth-order valence-electron chi connectivity index (χ4n) is 1.55. The van der Waals surface area contributed by atoms with Crippen LogP contribution < -0.4 is 10.5 Å². The van der Waals surface area contributed by atoms with E-state index in [1.165, 1.54) is 0 Å². The molecule has 0 saturated heterocycles. The maximum Gasteiger partial charge on any atom is 0.320 e. The third kappa shape index (κ3) is 7.05. The Balaban J connectivity index is 2.39. The average Bonchev–Trinajstić information content (AvgIpc) is 2.50. The Morgan fingerprint density at radius 3 is 2.59 bits per heavy atom. The van der Waals surface area contributed by atoms with E-state index in [4.69, 9.17) is 25.2 Å². The minimum Gasteiger partial charge on any atom is -0.488 e. The molecule has 1 aromatic carbocycles. The SMILES string of the molecule is COCCON=C(C)COc1ccc(CC(N)C(=O)O)cc1. The van der Waals surface area contributed by atoms with Crippen molar-refractivity contribution in [2.75, 3.05) is 26.9 Å². The molecule has 1 atom stereocenters. The summed E-state index contributed by atoms with van der Waals surface area (Å²) in [7, 11) is 1.59. The molecule has 0 heterocycles. The molecule has 1 aromatic rings. The summed E-state index contributed by atoms with van der Waals surface area (Å²) >= 11 is 0. The highest BCUT2D eigenvalue weighted by Crippen LogP contribution is 2.13. The molecule has 122 valence electrons. The van der Waals surface area contributed by atoms with E-state index in [2.05, 4.69) is 5.16 Å². The number of carboxylic acid groups (broad SMARTS) is 1. The predicted molar refractivity (Wildman–Crippen MR) is 82.2 cm³/mol. The van der Waals surface area contributed by atoms with Gasteiger partial charge in [-0.3, -0.25) is 4.79 Å². The number of nitrogens with two attached hydrogens (primary N) is 1. The van der Waals surface area contributed by atoms with E-state index < -0.39 is 12.0 Å². The second kappa shape index (κ2) is 9.75. The van der Waals surface area contributed by atoms with E-state index in [9.17, 15) is 4.79 Å². The van der Waals surface area contributed by atoms with Crippen LogP contribution in [0, 0.1) is 0 Å². The maximum atomic E-state index is 10.7. The van der Waals surface area contributed by atoms with Crippen LogP contribution in [0.5, 0.6) is 5.75 Å². The van der Waals surface area contributed by atoms with Gasteiger partial charge in [-0.1, -0.05) is 17.3 Å². The summed E-state index contributed by atoms with van der Waals surface area (Å²) in [6.07, 6.45) is 0.281. The number of carboxylic acids is 1. The van der Waals surface area contributed by atoms with Gasteiger partial charge < -0.3 is 25.2 Å². The van der Waals surface area contributed by atoms with Crippen molar-refractivity contribution in [2.45, 2.75) is 19.4 Å². The Morgan fingerprint density at radius 1 is 1.32 bits per heavy atom. The van der Waals surface area contributed by atoms with Gasteiger partial charge in [-0.15, -0.1) is 0 Å². The summed E-state index contributed by atoms with van der Waals surface area (Å²) in [4.78, 5) is 15.7. The van der Waals surface area contributed by atoms with E-state index in [1.807, 2.05) is 0 Å². The lowest BCUT2D eigenvalue weighted by Crippen LogP contribution is -2.32. The predicted octanol–water partition coefficient (Wildman–Crippen LogP) is 1.06. The van der Waals surface area contributed by atoms with Crippen LogP contribution in [-0.2, 0) is 20.8 Å². The third-order valence-corrected chi connectivity index (χ3v) is 2.74. The zero-order chi connectivity index (χ0) is 16.4. The van der Waals surface area contributed by atoms with Crippen LogP contribution in [-0.4, -0.2) is 49.8 Å². The van der Waals surface area contributed by atoms with Crippen molar-refractivity contribution < 1.29 is 24.2 Å². The van der Waals surface area contributed by atoms with Gasteiger partial charge in [-0.05, 0) is 31.0 Å². The van der Waals surface area contributed by atoms with Crippen LogP contribution >= 0.6 is 0 Å². The smallest absolute Gasteiger partial charge is 0.320 e. The maximum absolute atomic E-state index is 10.7. The highest BCUT2D eigenvalue weighted by Gasteiger charge is 2.11. The first kappa shape index (κ1) is 17.9. The number of aliphatic carboxylic acids is 1. The van der Waals surface area contributed by atoms with Gasteiger partial charge >= 0.3 is 5.97 Å². The first-order chi connectivity index (χ1) is 10.5. The Morgan fingerprint density at radius 2 is 2.00 bits per heavy atom.